The van der Waals surface area contributed by atoms with Gasteiger partial charge in [-0.1, -0.05) is 26.0 Å². The molecule has 0 radical (unpaired) electrons. The van der Waals surface area contributed by atoms with Crippen molar-refractivity contribution in [2.75, 3.05) is 40.3 Å². The van der Waals surface area contributed by atoms with Gasteiger partial charge in [0.2, 0.25) is 0 Å². The predicted molar refractivity (Wildman–Crippen MR) is 96.3 cm³/mol. The van der Waals surface area contributed by atoms with Crippen molar-refractivity contribution < 1.29 is 4.39 Å². The second kappa shape index (κ2) is 11.0. The van der Waals surface area contributed by atoms with E-state index in [4.69, 9.17) is 0 Å². The van der Waals surface area contributed by atoms with Crippen molar-refractivity contribution in [2.24, 2.45) is 4.99 Å². The molecule has 0 aliphatic heterocycles. The third-order valence-electron chi connectivity index (χ3n) is 3.96. The summed E-state index contributed by atoms with van der Waals surface area (Å²) in [5.74, 6) is 0.646. The highest BCUT2D eigenvalue weighted by atomic mass is 19.1. The predicted octanol–water partition coefficient (Wildman–Crippen LogP) is 2.95. The first-order valence-electron chi connectivity index (χ1n) is 8.49. The largest absolute Gasteiger partial charge is 0.356 e. The van der Waals surface area contributed by atoms with Crippen LogP contribution in [0.15, 0.2) is 29.3 Å². The highest BCUT2D eigenvalue weighted by Crippen LogP contribution is 2.06. The summed E-state index contributed by atoms with van der Waals surface area (Å²) in [7, 11) is 3.75. The molecule has 0 atom stereocenters. The van der Waals surface area contributed by atoms with E-state index >= 15 is 0 Å². The maximum Gasteiger partial charge on any atom is 0.193 e. The third-order valence-corrected chi connectivity index (χ3v) is 3.96. The number of aliphatic imine (C=N–C) groups is 1. The standard InChI is InChI=1S/C18H31FN4/c1-5-23(6-2)13-8-7-12-21-18(20-3)22(4)15-16-10-9-11-17(19)14-16/h9-11,14H,5-8,12-13,15H2,1-4H3,(H,20,21). The van der Waals surface area contributed by atoms with E-state index < -0.39 is 0 Å². The molecule has 0 saturated carbocycles. The van der Waals surface area contributed by atoms with E-state index in [1.54, 1.807) is 19.2 Å². The summed E-state index contributed by atoms with van der Waals surface area (Å²) in [5.41, 5.74) is 0.942. The van der Waals surface area contributed by atoms with E-state index in [-0.39, 0.29) is 5.82 Å². The van der Waals surface area contributed by atoms with Crippen LogP contribution in [0.25, 0.3) is 0 Å². The Morgan fingerprint density at radius 3 is 2.57 bits per heavy atom. The van der Waals surface area contributed by atoms with Gasteiger partial charge in [0, 0.05) is 27.2 Å². The van der Waals surface area contributed by atoms with Gasteiger partial charge in [-0.05, 0) is 50.2 Å². The van der Waals surface area contributed by atoms with Gasteiger partial charge in [-0.2, -0.15) is 0 Å². The molecule has 1 N–H and O–H groups in total. The molecule has 23 heavy (non-hydrogen) atoms. The fourth-order valence-corrected chi connectivity index (χ4v) is 2.57. The van der Waals surface area contributed by atoms with Crippen LogP contribution in [0.1, 0.15) is 32.3 Å². The molecule has 4 nitrogen and oxygen atoms in total. The first-order chi connectivity index (χ1) is 11.1. The van der Waals surface area contributed by atoms with Gasteiger partial charge < -0.3 is 15.1 Å². The summed E-state index contributed by atoms with van der Waals surface area (Å²) in [4.78, 5) is 8.75. The number of guanidine groups is 1. The van der Waals surface area contributed by atoms with Crippen LogP contribution >= 0.6 is 0 Å². The molecule has 1 aromatic carbocycles. The number of nitrogens with one attached hydrogen (secondary N) is 1. The topological polar surface area (TPSA) is 30.9 Å². The van der Waals surface area contributed by atoms with Gasteiger partial charge in [0.1, 0.15) is 5.82 Å². The average molecular weight is 322 g/mol. The monoisotopic (exact) mass is 322 g/mol. The maximum absolute atomic E-state index is 13.2. The number of hydrogen-bond acceptors (Lipinski definition) is 2. The van der Waals surface area contributed by atoms with Gasteiger partial charge >= 0.3 is 0 Å². The van der Waals surface area contributed by atoms with E-state index in [0.717, 1.165) is 44.1 Å². The SMILES string of the molecule is CCN(CC)CCCCNC(=NC)N(C)Cc1cccc(F)c1. The molecule has 130 valence electrons. The lowest BCUT2D eigenvalue weighted by Gasteiger charge is -2.22. The number of halogens is 1. The van der Waals surface area contributed by atoms with Crippen LogP contribution in [0.2, 0.25) is 0 Å². The minimum atomic E-state index is -0.199. The van der Waals surface area contributed by atoms with E-state index in [2.05, 4.69) is 29.1 Å². The smallest absolute Gasteiger partial charge is 0.193 e. The lowest BCUT2D eigenvalue weighted by atomic mass is 10.2. The second-order valence-electron chi connectivity index (χ2n) is 5.69. The summed E-state index contributed by atoms with van der Waals surface area (Å²) in [5, 5.41) is 3.38. The third kappa shape index (κ3) is 7.46. The normalized spacial score (nSPS) is 11.8. The van der Waals surface area contributed by atoms with Crippen molar-refractivity contribution in [3.05, 3.63) is 35.6 Å². The fourth-order valence-electron chi connectivity index (χ4n) is 2.57. The first-order valence-corrected chi connectivity index (χ1v) is 8.49. The lowest BCUT2D eigenvalue weighted by molar-refractivity contribution is 0.297. The molecule has 5 heteroatoms. The highest BCUT2D eigenvalue weighted by molar-refractivity contribution is 5.79. The molecule has 0 bridgehead atoms. The summed E-state index contributed by atoms with van der Waals surface area (Å²) >= 11 is 0. The maximum atomic E-state index is 13.2. The Balaban J connectivity index is 2.33. The summed E-state index contributed by atoms with van der Waals surface area (Å²) < 4.78 is 13.2. The zero-order valence-electron chi connectivity index (χ0n) is 15.0. The molecule has 1 rings (SSSR count). The average Bonchev–Trinajstić information content (AvgIpc) is 2.54. The van der Waals surface area contributed by atoms with Gasteiger partial charge in [0.15, 0.2) is 5.96 Å². The van der Waals surface area contributed by atoms with Crippen molar-refractivity contribution in [3.63, 3.8) is 0 Å². The molecule has 0 aliphatic rings. The molecule has 0 amide bonds. The van der Waals surface area contributed by atoms with Gasteiger partial charge in [0.05, 0.1) is 0 Å². The van der Waals surface area contributed by atoms with Gasteiger partial charge in [-0.15, -0.1) is 0 Å². The van der Waals surface area contributed by atoms with Gasteiger partial charge in [-0.3, -0.25) is 4.99 Å². The quantitative estimate of drug-likeness (QED) is 0.431. The Morgan fingerprint density at radius 2 is 1.96 bits per heavy atom. The molecule has 0 fully saturated rings. The van der Waals surface area contributed by atoms with Crippen molar-refractivity contribution in [1.29, 1.82) is 0 Å². The number of hydrogen-bond donors (Lipinski definition) is 1. The van der Waals surface area contributed by atoms with Gasteiger partial charge in [-0.25, -0.2) is 4.39 Å². The van der Waals surface area contributed by atoms with Crippen LogP contribution in [-0.4, -0.2) is 56.0 Å². The number of unbranched alkanes of at least 4 members (excludes halogenated alkanes) is 1. The first kappa shape index (κ1) is 19.4. The second-order valence-corrected chi connectivity index (χ2v) is 5.69. The Kier molecular flexibility index (Phi) is 9.29. The fraction of sp³-hybridized carbons (Fsp3) is 0.611. The van der Waals surface area contributed by atoms with Crippen LogP contribution < -0.4 is 5.32 Å². The van der Waals surface area contributed by atoms with Crippen LogP contribution in [0.5, 0.6) is 0 Å². The summed E-state index contributed by atoms with van der Waals surface area (Å²) in [6.07, 6.45) is 2.29. The minimum absolute atomic E-state index is 0.199. The van der Waals surface area contributed by atoms with E-state index in [9.17, 15) is 4.39 Å². The molecule has 0 heterocycles. The number of nitrogens with zero attached hydrogens (tertiary/aromatic N) is 3. The Labute approximate surface area is 140 Å². The number of benzene rings is 1. The van der Waals surface area contributed by atoms with E-state index in [1.807, 2.05) is 18.0 Å². The molecule has 0 aliphatic carbocycles. The molecular formula is C18H31FN4. The van der Waals surface area contributed by atoms with Gasteiger partial charge in [0.25, 0.3) is 0 Å². The molecule has 0 saturated heterocycles. The van der Waals surface area contributed by atoms with E-state index in [1.165, 1.54) is 12.5 Å². The molecule has 0 spiro atoms. The molecule has 0 aromatic heterocycles. The van der Waals surface area contributed by atoms with Crippen LogP contribution in [0.3, 0.4) is 0 Å². The van der Waals surface area contributed by atoms with Crippen molar-refractivity contribution in [1.82, 2.24) is 15.1 Å². The van der Waals surface area contributed by atoms with Crippen LogP contribution in [-0.2, 0) is 6.54 Å². The zero-order chi connectivity index (χ0) is 17.1. The van der Waals surface area contributed by atoms with Crippen LogP contribution in [0, 0.1) is 5.82 Å². The Morgan fingerprint density at radius 1 is 1.22 bits per heavy atom. The summed E-state index contributed by atoms with van der Waals surface area (Å²) in [6.45, 7) is 9.31. The Bertz CT molecular complexity index is 472. The lowest BCUT2D eigenvalue weighted by Crippen LogP contribution is -2.39. The highest BCUT2D eigenvalue weighted by Gasteiger charge is 2.07. The molecule has 0 unspecified atom stereocenters. The van der Waals surface area contributed by atoms with Crippen molar-refractivity contribution in [2.45, 2.75) is 33.2 Å². The Hall–Kier alpha value is -1.62. The zero-order valence-corrected chi connectivity index (χ0v) is 15.0. The number of rotatable bonds is 9. The summed E-state index contributed by atoms with van der Waals surface area (Å²) in [6, 6.07) is 6.69. The van der Waals surface area contributed by atoms with Crippen molar-refractivity contribution >= 4 is 5.96 Å². The molecule has 1 aromatic rings. The van der Waals surface area contributed by atoms with Crippen LogP contribution in [0.4, 0.5) is 4.39 Å². The van der Waals surface area contributed by atoms with Crippen molar-refractivity contribution in [3.8, 4) is 0 Å². The molecular weight excluding hydrogens is 291 g/mol. The minimum Gasteiger partial charge on any atom is -0.356 e. The van der Waals surface area contributed by atoms with E-state index in [0.29, 0.717) is 6.54 Å².